The van der Waals surface area contributed by atoms with Gasteiger partial charge in [0.15, 0.2) is 12.4 Å². The first-order valence-electron chi connectivity index (χ1n) is 20.2. The predicted octanol–water partition coefficient (Wildman–Crippen LogP) is 10.7. The summed E-state index contributed by atoms with van der Waals surface area (Å²) in [6.07, 6.45) is 7.95. The van der Waals surface area contributed by atoms with Crippen molar-refractivity contribution in [1.82, 2.24) is 0 Å². The fourth-order valence-electron chi connectivity index (χ4n) is 7.19. The number of allylic oxidation sites excluding steroid dienone is 2. The number of rotatable bonds is 18. The number of hydrogen-bond donors (Lipinski definition) is 0. The molecule has 0 aromatic heterocycles. The molecule has 0 aliphatic heterocycles. The van der Waals surface area contributed by atoms with E-state index in [2.05, 4.69) is 0 Å². The summed E-state index contributed by atoms with van der Waals surface area (Å²) in [4.78, 5) is 52.7. The highest BCUT2D eigenvalue weighted by molar-refractivity contribution is 5.92. The van der Waals surface area contributed by atoms with Crippen molar-refractivity contribution in [1.29, 1.82) is 0 Å². The molecule has 5 aromatic carbocycles. The van der Waals surface area contributed by atoms with Gasteiger partial charge in [0.25, 0.3) is 0 Å². The van der Waals surface area contributed by atoms with Crippen molar-refractivity contribution >= 4 is 23.7 Å². The van der Waals surface area contributed by atoms with Crippen LogP contribution in [0.3, 0.4) is 0 Å². The van der Waals surface area contributed by atoms with Crippen molar-refractivity contribution in [3.05, 3.63) is 175 Å². The van der Waals surface area contributed by atoms with E-state index in [1.165, 1.54) is 6.08 Å². The quantitative estimate of drug-likeness (QED) is 0.0284. The van der Waals surface area contributed by atoms with E-state index in [9.17, 15) is 19.2 Å². The molecule has 0 saturated heterocycles. The first-order chi connectivity index (χ1) is 28.7. The van der Waals surface area contributed by atoms with Crippen molar-refractivity contribution in [2.45, 2.75) is 64.3 Å². The summed E-state index contributed by atoms with van der Waals surface area (Å²) < 4.78 is 23.5. The minimum atomic E-state index is -0.710. The first kappa shape index (κ1) is 42.1. The molecule has 0 heterocycles. The number of unbranched alkanes of at least 4 members (excludes halogenated alkanes) is 1. The zero-order valence-corrected chi connectivity index (χ0v) is 33.5. The number of para-hydroxylation sites is 1. The maximum absolute atomic E-state index is 13.8. The second-order valence-corrected chi connectivity index (χ2v) is 14.8. The van der Waals surface area contributed by atoms with E-state index in [-0.39, 0.29) is 36.8 Å². The predicted molar refractivity (Wildman–Crippen MR) is 229 cm³/mol. The molecule has 8 nitrogen and oxygen atoms in total. The summed E-state index contributed by atoms with van der Waals surface area (Å²) in [6, 6.07) is 43.4. The Bertz CT molecular complexity index is 2180. The third-order valence-corrected chi connectivity index (χ3v) is 10.2. The lowest BCUT2D eigenvalue weighted by molar-refractivity contribution is -0.147. The molecule has 0 radical (unpaired) electrons. The zero-order valence-electron chi connectivity index (χ0n) is 33.5. The molecule has 0 unspecified atom stereocenters. The van der Waals surface area contributed by atoms with E-state index in [4.69, 9.17) is 18.9 Å². The van der Waals surface area contributed by atoms with Gasteiger partial charge in [0, 0.05) is 24.7 Å². The smallest absolute Gasteiger partial charge is 0.338 e. The number of hydrogen-bond acceptors (Lipinski definition) is 8. The van der Waals surface area contributed by atoms with Crippen LogP contribution in [0.5, 0.6) is 5.75 Å². The van der Waals surface area contributed by atoms with Crippen LogP contribution in [0.25, 0.3) is 22.3 Å². The van der Waals surface area contributed by atoms with E-state index >= 15 is 0 Å². The Morgan fingerprint density at radius 2 is 1.14 bits per heavy atom. The molecule has 59 heavy (non-hydrogen) atoms. The normalized spacial score (nSPS) is 17.5. The van der Waals surface area contributed by atoms with E-state index in [0.29, 0.717) is 42.6 Å². The lowest BCUT2D eigenvalue weighted by Gasteiger charge is -2.23. The summed E-state index contributed by atoms with van der Waals surface area (Å²) in [6.45, 7) is 3.47. The van der Waals surface area contributed by atoms with Gasteiger partial charge in [-0.25, -0.2) is 9.59 Å². The standard InChI is InChI=1S/C51H50O8/c1-36(2)57-49(53)23-15-4-3-14-22-45-46(33-32-43(52)35-56-44-20-12-7-13-21-44)48(59-51(55)42-30-26-40(27-31-42)38-18-10-6-11-19-38)34-47(45)58-50(54)41-28-24-39(25-29-41)37-16-8-5-9-17-37/h3,5-14,16-21,24-33,36,45-48H,4,15,22-23,34-35H2,1-2H3/b14-3-,33-32+/t45-,46+,47+,48-/m1/s1. The summed E-state index contributed by atoms with van der Waals surface area (Å²) in [5.41, 5.74) is 4.77. The molecule has 1 aliphatic carbocycles. The molecule has 1 aliphatic rings. The fourth-order valence-corrected chi connectivity index (χ4v) is 7.19. The molecule has 0 amide bonds. The van der Waals surface area contributed by atoms with E-state index < -0.39 is 30.1 Å². The third kappa shape index (κ3) is 12.5. The number of ketones is 1. The van der Waals surface area contributed by atoms with Crippen LogP contribution in [0.15, 0.2) is 164 Å². The van der Waals surface area contributed by atoms with Gasteiger partial charge in [0.05, 0.1) is 17.2 Å². The maximum atomic E-state index is 13.8. The Balaban J connectivity index is 1.23. The second kappa shape index (κ2) is 21.3. The minimum absolute atomic E-state index is 0.167. The molecular weight excluding hydrogens is 741 g/mol. The van der Waals surface area contributed by atoms with Gasteiger partial charge in [-0.05, 0) is 97.8 Å². The Morgan fingerprint density at radius 1 is 0.627 bits per heavy atom. The number of esters is 3. The highest BCUT2D eigenvalue weighted by Crippen LogP contribution is 2.41. The van der Waals surface area contributed by atoms with Gasteiger partial charge in [-0.3, -0.25) is 9.59 Å². The van der Waals surface area contributed by atoms with Crippen molar-refractivity contribution in [3.8, 4) is 28.0 Å². The SMILES string of the molecule is CC(C)OC(=O)CCC/C=C\C[C@@H]1[C@H](/C=C/C(=O)COc2ccccc2)[C@H](OC(=O)c2ccc(-c3ccccc3)cc2)C[C@@H]1OC(=O)c1ccc(-c2ccccc2)cc1. The van der Waals surface area contributed by atoms with Gasteiger partial charge in [-0.15, -0.1) is 0 Å². The third-order valence-electron chi connectivity index (χ3n) is 10.2. The van der Waals surface area contributed by atoms with Crippen molar-refractivity contribution < 1.29 is 38.1 Å². The maximum Gasteiger partial charge on any atom is 0.338 e. The Morgan fingerprint density at radius 3 is 1.68 bits per heavy atom. The highest BCUT2D eigenvalue weighted by atomic mass is 16.6. The van der Waals surface area contributed by atoms with Gasteiger partial charge in [0.2, 0.25) is 0 Å². The van der Waals surface area contributed by atoms with E-state index in [1.54, 1.807) is 42.5 Å². The van der Waals surface area contributed by atoms with Gasteiger partial charge in [-0.2, -0.15) is 0 Å². The average molecular weight is 791 g/mol. The summed E-state index contributed by atoms with van der Waals surface area (Å²) >= 11 is 0. The van der Waals surface area contributed by atoms with Crippen LogP contribution in [-0.2, 0) is 23.8 Å². The Labute approximate surface area is 346 Å². The van der Waals surface area contributed by atoms with Crippen LogP contribution < -0.4 is 4.74 Å². The van der Waals surface area contributed by atoms with Crippen LogP contribution in [-0.4, -0.2) is 48.6 Å². The molecule has 5 aromatic rings. The number of benzene rings is 5. The molecule has 1 fully saturated rings. The monoisotopic (exact) mass is 790 g/mol. The molecule has 1 saturated carbocycles. The summed E-state index contributed by atoms with van der Waals surface area (Å²) in [5, 5.41) is 0. The highest BCUT2D eigenvalue weighted by Gasteiger charge is 2.46. The van der Waals surface area contributed by atoms with Gasteiger partial charge in [-0.1, -0.05) is 121 Å². The fraction of sp³-hybridized carbons (Fsp3) is 0.255. The zero-order chi connectivity index (χ0) is 41.4. The number of carbonyl (C=O) groups excluding carboxylic acids is 4. The molecule has 302 valence electrons. The molecule has 4 atom stereocenters. The number of ether oxygens (including phenoxy) is 4. The molecule has 8 heteroatoms. The van der Waals surface area contributed by atoms with E-state index in [0.717, 1.165) is 22.3 Å². The Hall–Kier alpha value is -6.54. The van der Waals surface area contributed by atoms with Gasteiger partial charge < -0.3 is 18.9 Å². The van der Waals surface area contributed by atoms with Crippen LogP contribution in [0, 0.1) is 11.8 Å². The van der Waals surface area contributed by atoms with Crippen LogP contribution in [0.2, 0.25) is 0 Å². The molecule has 0 spiro atoms. The van der Waals surface area contributed by atoms with Crippen LogP contribution in [0.1, 0.15) is 66.7 Å². The molecule has 0 N–H and O–H groups in total. The lowest BCUT2D eigenvalue weighted by atomic mass is 9.89. The molecule has 6 rings (SSSR count). The van der Waals surface area contributed by atoms with Crippen LogP contribution >= 0.6 is 0 Å². The van der Waals surface area contributed by atoms with Crippen molar-refractivity contribution in [2.75, 3.05) is 6.61 Å². The second-order valence-electron chi connectivity index (χ2n) is 14.8. The summed E-state index contributed by atoms with van der Waals surface area (Å²) in [5.74, 6) is -1.77. The topological polar surface area (TPSA) is 105 Å². The lowest BCUT2D eigenvalue weighted by Crippen LogP contribution is -2.26. The van der Waals surface area contributed by atoms with Gasteiger partial charge in [0.1, 0.15) is 18.0 Å². The molecular formula is C51H50O8. The Kier molecular flexibility index (Phi) is 15.2. The number of carbonyl (C=O) groups is 4. The largest absolute Gasteiger partial charge is 0.485 e. The molecule has 0 bridgehead atoms. The first-order valence-corrected chi connectivity index (χ1v) is 20.2. The summed E-state index contributed by atoms with van der Waals surface area (Å²) in [7, 11) is 0. The van der Waals surface area contributed by atoms with Crippen molar-refractivity contribution in [3.63, 3.8) is 0 Å². The van der Waals surface area contributed by atoms with Crippen LogP contribution in [0.4, 0.5) is 0 Å². The van der Waals surface area contributed by atoms with Crippen molar-refractivity contribution in [2.24, 2.45) is 11.8 Å². The average Bonchev–Trinajstić information content (AvgIpc) is 3.58. The van der Waals surface area contributed by atoms with Gasteiger partial charge >= 0.3 is 17.9 Å². The van der Waals surface area contributed by atoms with E-state index in [1.807, 2.05) is 129 Å². The minimum Gasteiger partial charge on any atom is -0.485 e.